The van der Waals surface area contributed by atoms with E-state index in [4.69, 9.17) is 4.74 Å². The Kier molecular flexibility index (Phi) is 4.06. The van der Waals surface area contributed by atoms with Crippen molar-refractivity contribution >= 4 is 5.78 Å². The van der Waals surface area contributed by atoms with Crippen molar-refractivity contribution in [3.63, 3.8) is 0 Å². The molecule has 1 aliphatic carbocycles. The van der Waals surface area contributed by atoms with Gasteiger partial charge in [0.05, 0.1) is 7.11 Å². The van der Waals surface area contributed by atoms with Crippen molar-refractivity contribution in [1.82, 2.24) is 5.32 Å². The van der Waals surface area contributed by atoms with Gasteiger partial charge in [-0.15, -0.1) is 0 Å². The number of ether oxygens (including phenoxy) is 1. The molecule has 20 heavy (non-hydrogen) atoms. The molecule has 2 unspecified atom stereocenters. The van der Waals surface area contributed by atoms with Gasteiger partial charge >= 0.3 is 0 Å². The van der Waals surface area contributed by atoms with E-state index in [-0.39, 0.29) is 5.92 Å². The van der Waals surface area contributed by atoms with Crippen LogP contribution in [0.3, 0.4) is 0 Å². The van der Waals surface area contributed by atoms with Crippen molar-refractivity contribution in [2.45, 2.75) is 31.6 Å². The Hall–Kier alpha value is -1.35. The second kappa shape index (κ2) is 5.96. The van der Waals surface area contributed by atoms with E-state index in [1.807, 2.05) is 18.2 Å². The van der Waals surface area contributed by atoms with Crippen LogP contribution in [0.2, 0.25) is 0 Å². The molecule has 2 fully saturated rings. The number of nitrogens with one attached hydrogen (secondary N) is 1. The molecule has 0 bridgehead atoms. The lowest BCUT2D eigenvalue weighted by molar-refractivity contribution is -0.118. The molecule has 1 saturated carbocycles. The third-order valence-electron chi connectivity index (χ3n) is 4.94. The van der Waals surface area contributed by atoms with Gasteiger partial charge in [0.1, 0.15) is 11.5 Å². The van der Waals surface area contributed by atoms with Gasteiger partial charge < -0.3 is 10.1 Å². The Morgan fingerprint density at radius 1 is 1.20 bits per heavy atom. The molecule has 108 valence electrons. The van der Waals surface area contributed by atoms with Crippen molar-refractivity contribution in [2.75, 3.05) is 20.2 Å². The highest BCUT2D eigenvalue weighted by atomic mass is 16.5. The number of methoxy groups -OCH3 is 1. The molecule has 0 amide bonds. The first-order chi connectivity index (χ1) is 9.78. The predicted octanol–water partition coefficient (Wildman–Crippen LogP) is 2.76. The molecule has 1 aromatic rings. The lowest BCUT2D eigenvalue weighted by Crippen LogP contribution is -2.31. The van der Waals surface area contributed by atoms with Crippen molar-refractivity contribution in [3.8, 4) is 5.75 Å². The Labute approximate surface area is 120 Å². The summed E-state index contributed by atoms with van der Waals surface area (Å²) in [6, 6.07) is 8.01. The Morgan fingerprint density at radius 2 is 2.00 bits per heavy atom. The fourth-order valence-electron chi connectivity index (χ4n) is 3.77. The number of rotatable bonds is 3. The fourth-order valence-corrected chi connectivity index (χ4v) is 3.77. The first-order valence-electron chi connectivity index (χ1n) is 7.65. The Balaban J connectivity index is 1.72. The van der Waals surface area contributed by atoms with Crippen molar-refractivity contribution in [1.29, 1.82) is 0 Å². The minimum absolute atomic E-state index is 0.0879. The highest BCUT2D eigenvalue weighted by Gasteiger charge is 2.37. The normalized spacial score (nSPS) is 27.8. The van der Waals surface area contributed by atoms with Crippen LogP contribution in [0, 0.1) is 11.8 Å². The molecule has 1 heterocycles. The molecule has 1 N–H and O–H groups in total. The van der Waals surface area contributed by atoms with Gasteiger partial charge in [-0.3, -0.25) is 4.79 Å². The maximum atomic E-state index is 12.4. The molecular formula is C17H23NO2. The summed E-state index contributed by atoms with van der Waals surface area (Å²) in [6.07, 6.45) is 4.24. The molecule has 3 rings (SSSR count). The second-order valence-corrected chi connectivity index (χ2v) is 6.08. The Bertz CT molecular complexity index is 480. The quantitative estimate of drug-likeness (QED) is 0.920. The summed E-state index contributed by atoms with van der Waals surface area (Å²) in [5.41, 5.74) is 1.13. The average molecular weight is 273 g/mol. The summed E-state index contributed by atoms with van der Waals surface area (Å²) in [4.78, 5) is 12.4. The largest absolute Gasteiger partial charge is 0.497 e. The van der Waals surface area contributed by atoms with Gasteiger partial charge in [0.15, 0.2) is 0 Å². The van der Waals surface area contributed by atoms with E-state index < -0.39 is 0 Å². The van der Waals surface area contributed by atoms with E-state index in [0.29, 0.717) is 11.7 Å². The van der Waals surface area contributed by atoms with Gasteiger partial charge in [-0.25, -0.2) is 0 Å². The molecule has 3 nitrogen and oxygen atoms in total. The first-order valence-corrected chi connectivity index (χ1v) is 7.65. The number of carbonyl (C=O) groups excluding carboxylic acids is 1. The van der Waals surface area contributed by atoms with Crippen molar-refractivity contribution < 1.29 is 9.53 Å². The maximum absolute atomic E-state index is 12.4. The zero-order chi connectivity index (χ0) is 13.9. The van der Waals surface area contributed by atoms with Gasteiger partial charge in [-0.1, -0.05) is 12.1 Å². The summed E-state index contributed by atoms with van der Waals surface area (Å²) >= 11 is 0. The number of carbonyl (C=O) groups is 1. The van der Waals surface area contributed by atoms with E-state index >= 15 is 0 Å². The zero-order valence-corrected chi connectivity index (χ0v) is 12.1. The molecule has 3 heteroatoms. The van der Waals surface area contributed by atoms with Crippen molar-refractivity contribution in [3.05, 3.63) is 29.8 Å². The van der Waals surface area contributed by atoms with Crippen LogP contribution in [0.25, 0.3) is 0 Å². The third kappa shape index (κ3) is 2.73. The van der Waals surface area contributed by atoms with Crippen LogP contribution < -0.4 is 10.1 Å². The third-order valence-corrected chi connectivity index (χ3v) is 4.94. The van der Waals surface area contributed by atoms with Crippen molar-refractivity contribution in [2.24, 2.45) is 11.8 Å². The van der Waals surface area contributed by atoms with Gasteiger partial charge in [0, 0.05) is 12.3 Å². The van der Waals surface area contributed by atoms with Crippen LogP contribution >= 0.6 is 0 Å². The number of benzene rings is 1. The highest BCUT2D eigenvalue weighted by Crippen LogP contribution is 2.42. The predicted molar refractivity (Wildman–Crippen MR) is 79.1 cm³/mol. The van der Waals surface area contributed by atoms with Crippen LogP contribution in [0.1, 0.15) is 37.2 Å². The standard InChI is InChI=1S/C17H23NO2/c1-20-15-4-2-3-13(9-15)16-10-14(11-17(16)19)12-5-7-18-8-6-12/h2-4,9,12,14,16,18H,5-8,10-11H2,1H3. The van der Waals surface area contributed by atoms with Crippen LogP contribution in [-0.2, 0) is 4.79 Å². The number of hydrogen-bond acceptors (Lipinski definition) is 3. The number of Topliss-reactive ketones (excluding diaryl/α,β-unsaturated/α-hetero) is 1. The van der Waals surface area contributed by atoms with Gasteiger partial charge in [-0.05, 0) is 61.9 Å². The lowest BCUT2D eigenvalue weighted by Gasteiger charge is -2.27. The molecule has 1 aliphatic heterocycles. The summed E-state index contributed by atoms with van der Waals surface area (Å²) in [5.74, 6) is 2.67. The fraction of sp³-hybridized carbons (Fsp3) is 0.588. The molecule has 2 aliphatic rings. The van der Waals surface area contributed by atoms with E-state index in [1.165, 1.54) is 12.8 Å². The van der Waals surface area contributed by atoms with Crippen LogP contribution in [0.4, 0.5) is 0 Å². The molecule has 0 radical (unpaired) electrons. The van der Waals surface area contributed by atoms with E-state index in [2.05, 4.69) is 11.4 Å². The van der Waals surface area contributed by atoms with E-state index in [1.54, 1.807) is 7.11 Å². The first kappa shape index (κ1) is 13.6. The van der Waals surface area contributed by atoms with E-state index in [9.17, 15) is 4.79 Å². The van der Waals surface area contributed by atoms with Gasteiger partial charge in [-0.2, -0.15) is 0 Å². The number of piperidine rings is 1. The second-order valence-electron chi connectivity index (χ2n) is 6.08. The topological polar surface area (TPSA) is 38.3 Å². The molecule has 1 aromatic carbocycles. The monoisotopic (exact) mass is 273 g/mol. The zero-order valence-electron chi connectivity index (χ0n) is 12.1. The minimum Gasteiger partial charge on any atom is -0.497 e. The van der Waals surface area contributed by atoms with Gasteiger partial charge in [0.25, 0.3) is 0 Å². The van der Waals surface area contributed by atoms with E-state index in [0.717, 1.165) is 43.2 Å². The van der Waals surface area contributed by atoms with Crippen LogP contribution in [0.5, 0.6) is 5.75 Å². The maximum Gasteiger partial charge on any atom is 0.140 e. The SMILES string of the molecule is COc1cccc(C2CC(C3CCNCC3)CC2=O)c1. The minimum atomic E-state index is 0.0879. The summed E-state index contributed by atoms with van der Waals surface area (Å²) in [6.45, 7) is 2.22. The Morgan fingerprint density at radius 3 is 2.75 bits per heavy atom. The molecule has 1 saturated heterocycles. The number of hydrogen-bond donors (Lipinski definition) is 1. The molecular weight excluding hydrogens is 250 g/mol. The van der Waals surface area contributed by atoms with Gasteiger partial charge in [0.2, 0.25) is 0 Å². The molecule has 0 spiro atoms. The average Bonchev–Trinajstić information content (AvgIpc) is 2.90. The van der Waals surface area contributed by atoms with Crippen LogP contribution in [-0.4, -0.2) is 26.0 Å². The lowest BCUT2D eigenvalue weighted by atomic mass is 9.83. The summed E-state index contributed by atoms with van der Waals surface area (Å²) in [5, 5.41) is 3.41. The highest BCUT2D eigenvalue weighted by molar-refractivity contribution is 5.88. The summed E-state index contributed by atoms with van der Waals surface area (Å²) in [7, 11) is 1.67. The molecule has 2 atom stereocenters. The molecule has 0 aromatic heterocycles. The van der Waals surface area contributed by atoms with Crippen LogP contribution in [0.15, 0.2) is 24.3 Å². The number of ketones is 1. The smallest absolute Gasteiger partial charge is 0.140 e. The summed E-state index contributed by atoms with van der Waals surface area (Å²) < 4.78 is 5.27.